The fourth-order valence-corrected chi connectivity index (χ4v) is 8.46. The highest BCUT2D eigenvalue weighted by atomic mass is 16.6. The molecular formula is C54H83N7O11. The Morgan fingerprint density at radius 2 is 1.36 bits per heavy atom. The van der Waals surface area contributed by atoms with Gasteiger partial charge in [0.1, 0.15) is 36.4 Å². The number of allylic oxidation sites excluding steroid dienone is 1. The third kappa shape index (κ3) is 21.3. The van der Waals surface area contributed by atoms with Crippen molar-refractivity contribution < 1.29 is 52.9 Å². The van der Waals surface area contributed by atoms with E-state index in [0.29, 0.717) is 43.5 Å². The fourth-order valence-electron chi connectivity index (χ4n) is 8.46. The van der Waals surface area contributed by atoms with Gasteiger partial charge in [-0.05, 0) is 83.8 Å². The zero-order valence-electron chi connectivity index (χ0n) is 44.1. The van der Waals surface area contributed by atoms with E-state index in [1.54, 1.807) is 65.2 Å². The smallest absolute Gasteiger partial charge is 0.411 e. The van der Waals surface area contributed by atoms with Gasteiger partial charge in [-0.3, -0.25) is 24.5 Å². The minimum atomic E-state index is -1.55. The molecule has 0 saturated heterocycles. The molecule has 400 valence electrons. The van der Waals surface area contributed by atoms with Crippen LogP contribution in [-0.4, -0.2) is 119 Å². The number of aliphatic carboxylic acids is 1. The zero-order chi connectivity index (χ0) is 53.2. The minimum absolute atomic E-state index is 0.0692. The van der Waals surface area contributed by atoms with Crippen molar-refractivity contribution in [3.05, 3.63) is 83.7 Å². The molecule has 0 spiro atoms. The van der Waals surface area contributed by atoms with Crippen LogP contribution < -0.4 is 26.6 Å². The van der Waals surface area contributed by atoms with Gasteiger partial charge in [0, 0.05) is 25.5 Å². The molecule has 1 aliphatic rings. The van der Waals surface area contributed by atoms with E-state index in [9.17, 15) is 38.7 Å². The Labute approximate surface area is 427 Å². The number of alkyl carbamates (subject to hydrolysis) is 2. The number of rotatable bonds is 29. The number of carboxylic acid groups (broad SMARTS) is 1. The van der Waals surface area contributed by atoms with Gasteiger partial charge in [0.05, 0.1) is 19.3 Å². The number of carbonyl (C=O) groups excluding carboxylic acids is 6. The molecule has 0 aromatic heterocycles. The molecule has 6 atom stereocenters. The van der Waals surface area contributed by atoms with Gasteiger partial charge in [-0.15, -0.1) is 0 Å². The average molecular weight is 1010 g/mol. The molecule has 2 aromatic carbocycles. The molecule has 0 heterocycles. The van der Waals surface area contributed by atoms with E-state index < -0.39 is 84.3 Å². The van der Waals surface area contributed by atoms with Gasteiger partial charge in [-0.25, -0.2) is 14.4 Å². The van der Waals surface area contributed by atoms with Gasteiger partial charge in [-0.2, -0.15) is 0 Å². The van der Waals surface area contributed by atoms with E-state index >= 15 is 0 Å². The van der Waals surface area contributed by atoms with Gasteiger partial charge >= 0.3 is 18.2 Å². The number of amides is 6. The molecule has 0 bridgehead atoms. The lowest BCUT2D eigenvalue weighted by Crippen LogP contribution is -2.62. The Hall–Kier alpha value is -6.17. The van der Waals surface area contributed by atoms with Crippen LogP contribution in [0.1, 0.15) is 144 Å². The van der Waals surface area contributed by atoms with Crippen molar-refractivity contribution in [1.29, 1.82) is 0 Å². The standard InChI is InChI=1S/C54H83N7O11/c1-10-13-31-44(61(32-14-11-2)34-37(4)56-53(69)72-54(6,7)8)50(65)60(9)43(24-12-3)48(63)59-46(41-29-22-17-23-30-41)49(64)57-42(33-55-52(68)71-36-40-27-20-16-21-28-40)47(62)58-45(51(66)67)38(5)70-35-39-25-18-15-19-26-39/h15-16,18-21,25-28,34,38,41-46H,10-14,17,22-24,29-33,35-36H2,1-9H3,(H,55,68)(H,56,69)(H,57,64)(H,58,62)(H,59,63)(H,66,67)/b37-34+/t38-,42-,43-,44-,45-,46?/m0/s1. The maximum atomic E-state index is 14.8. The van der Waals surface area contributed by atoms with Crippen LogP contribution in [-0.2, 0) is 51.4 Å². The number of carbonyl (C=O) groups is 7. The first-order chi connectivity index (χ1) is 34.3. The van der Waals surface area contributed by atoms with Crippen LogP contribution in [0.2, 0.25) is 0 Å². The highest BCUT2D eigenvalue weighted by Crippen LogP contribution is 2.27. The molecular weight excluding hydrogens is 923 g/mol. The number of benzene rings is 2. The number of ether oxygens (including phenoxy) is 3. The Morgan fingerprint density at radius 1 is 0.750 bits per heavy atom. The summed E-state index contributed by atoms with van der Waals surface area (Å²) < 4.78 is 16.7. The Balaban J connectivity index is 1.94. The SMILES string of the molecule is CCCC[C@@H](C(=O)N(C)[C@@H](CCC)C(=O)NC(C(=O)N[C@@H](CNC(=O)OCc1ccccc1)C(=O)N[C@H](C(=O)O)[C@H](C)OCc1ccccc1)C1CCCCC1)N(/C=C(\C)NC(=O)OC(C)(C)C)CCCC. The van der Waals surface area contributed by atoms with E-state index in [1.165, 1.54) is 11.8 Å². The van der Waals surface area contributed by atoms with Crippen molar-refractivity contribution in [2.75, 3.05) is 20.1 Å². The van der Waals surface area contributed by atoms with Gasteiger partial charge in [-0.1, -0.05) is 126 Å². The van der Waals surface area contributed by atoms with Crippen molar-refractivity contribution in [1.82, 2.24) is 36.4 Å². The van der Waals surface area contributed by atoms with Gasteiger partial charge in [0.2, 0.25) is 23.6 Å². The van der Waals surface area contributed by atoms with Crippen molar-refractivity contribution in [3.8, 4) is 0 Å². The number of unbranched alkanes of at least 4 members (excludes halogenated alkanes) is 2. The summed E-state index contributed by atoms with van der Waals surface area (Å²) in [6.07, 6.45) is 7.36. The summed E-state index contributed by atoms with van der Waals surface area (Å²) in [4.78, 5) is 100. The summed E-state index contributed by atoms with van der Waals surface area (Å²) in [5.74, 6) is -4.22. The second kappa shape index (κ2) is 31.3. The first kappa shape index (κ1) is 60.1. The van der Waals surface area contributed by atoms with Crippen molar-refractivity contribution >= 4 is 41.8 Å². The lowest BCUT2D eigenvalue weighted by Gasteiger charge is -2.37. The zero-order valence-corrected chi connectivity index (χ0v) is 44.1. The third-order valence-electron chi connectivity index (χ3n) is 12.4. The van der Waals surface area contributed by atoms with E-state index in [0.717, 1.165) is 50.5 Å². The van der Waals surface area contributed by atoms with Gasteiger partial charge in [0.15, 0.2) is 6.04 Å². The van der Waals surface area contributed by atoms with Crippen LogP contribution in [0.5, 0.6) is 0 Å². The van der Waals surface area contributed by atoms with Crippen molar-refractivity contribution in [2.45, 2.75) is 188 Å². The van der Waals surface area contributed by atoms with E-state index in [4.69, 9.17) is 14.2 Å². The van der Waals surface area contributed by atoms with Crippen LogP contribution in [0, 0.1) is 5.92 Å². The third-order valence-corrected chi connectivity index (χ3v) is 12.4. The van der Waals surface area contributed by atoms with Crippen molar-refractivity contribution in [3.63, 3.8) is 0 Å². The lowest BCUT2D eigenvalue weighted by molar-refractivity contribution is -0.147. The van der Waals surface area contributed by atoms with Crippen LogP contribution >= 0.6 is 0 Å². The Bertz CT molecular complexity index is 2040. The average Bonchev–Trinajstić information content (AvgIpc) is 3.35. The van der Waals surface area contributed by atoms with Crippen LogP contribution in [0.3, 0.4) is 0 Å². The summed E-state index contributed by atoms with van der Waals surface area (Å²) >= 11 is 0. The van der Waals surface area contributed by atoms with E-state index in [-0.39, 0.29) is 31.5 Å². The Morgan fingerprint density at radius 3 is 1.93 bits per heavy atom. The summed E-state index contributed by atoms with van der Waals surface area (Å²) in [5.41, 5.74) is 1.28. The molecule has 6 amide bonds. The predicted octanol–water partition coefficient (Wildman–Crippen LogP) is 7.31. The minimum Gasteiger partial charge on any atom is -0.480 e. The van der Waals surface area contributed by atoms with Crippen LogP contribution in [0.15, 0.2) is 72.6 Å². The summed E-state index contributed by atoms with van der Waals surface area (Å²) in [5, 5.41) is 23.8. The normalized spacial score (nSPS) is 15.5. The summed E-state index contributed by atoms with van der Waals surface area (Å²) in [6.45, 7) is 14.5. The van der Waals surface area contributed by atoms with Crippen molar-refractivity contribution in [2.24, 2.45) is 5.92 Å². The molecule has 0 aliphatic heterocycles. The lowest BCUT2D eigenvalue weighted by atomic mass is 9.83. The molecule has 1 unspecified atom stereocenters. The molecule has 6 N–H and O–H groups in total. The highest BCUT2D eigenvalue weighted by molar-refractivity contribution is 5.96. The van der Waals surface area contributed by atoms with Gasteiger partial charge in [0.25, 0.3) is 0 Å². The topological polar surface area (TPSA) is 234 Å². The first-order valence-electron chi connectivity index (χ1n) is 25.7. The number of nitrogens with one attached hydrogen (secondary N) is 5. The molecule has 18 heteroatoms. The van der Waals surface area contributed by atoms with Crippen LogP contribution in [0.4, 0.5) is 9.59 Å². The molecule has 18 nitrogen and oxygen atoms in total. The van der Waals surface area contributed by atoms with E-state index in [1.807, 2.05) is 62.1 Å². The number of carboxylic acids is 1. The Kier molecular flexibility index (Phi) is 26.2. The monoisotopic (exact) mass is 1010 g/mol. The maximum Gasteiger partial charge on any atom is 0.411 e. The molecule has 2 aromatic rings. The number of hydrogen-bond acceptors (Lipinski definition) is 11. The largest absolute Gasteiger partial charge is 0.480 e. The second-order valence-corrected chi connectivity index (χ2v) is 19.7. The molecule has 3 rings (SSSR count). The summed E-state index contributed by atoms with van der Waals surface area (Å²) in [6, 6.07) is 12.1. The molecule has 72 heavy (non-hydrogen) atoms. The maximum absolute atomic E-state index is 14.8. The first-order valence-corrected chi connectivity index (χ1v) is 25.7. The summed E-state index contributed by atoms with van der Waals surface area (Å²) in [7, 11) is 1.59. The molecule has 0 radical (unpaired) electrons. The quantitative estimate of drug-likeness (QED) is 0.0471. The number of likely N-dealkylation sites (N-methyl/N-ethyl adjacent to an activating group) is 1. The highest BCUT2D eigenvalue weighted by Gasteiger charge is 2.39. The number of hydrogen-bond donors (Lipinski definition) is 6. The van der Waals surface area contributed by atoms with Gasteiger partial charge < -0.3 is 50.4 Å². The fraction of sp³-hybridized carbons (Fsp3) is 0.611. The second-order valence-electron chi connectivity index (χ2n) is 19.7. The molecule has 1 aliphatic carbocycles. The van der Waals surface area contributed by atoms with E-state index in [2.05, 4.69) is 26.6 Å². The molecule has 1 saturated carbocycles. The number of nitrogens with zero attached hydrogens (tertiary/aromatic N) is 2. The molecule has 1 fully saturated rings. The predicted molar refractivity (Wildman–Crippen MR) is 275 cm³/mol. The van der Waals surface area contributed by atoms with Crippen LogP contribution in [0.25, 0.3) is 0 Å².